The van der Waals surface area contributed by atoms with Crippen LogP contribution in [0.1, 0.15) is 44.7 Å². The molecule has 0 saturated heterocycles. The molecule has 0 aromatic heterocycles. The third kappa shape index (κ3) is 5.73. The van der Waals surface area contributed by atoms with Gasteiger partial charge in [0.1, 0.15) is 5.75 Å². The fourth-order valence-corrected chi connectivity index (χ4v) is 2.42. The van der Waals surface area contributed by atoms with Gasteiger partial charge >= 0.3 is 0 Å². The second-order valence-corrected chi connectivity index (χ2v) is 7.14. The first-order chi connectivity index (χ1) is 11.3. The van der Waals surface area contributed by atoms with Gasteiger partial charge in [-0.3, -0.25) is 4.79 Å². The minimum Gasteiger partial charge on any atom is -0.494 e. The highest BCUT2D eigenvalue weighted by Crippen LogP contribution is 2.24. The quantitative estimate of drug-likeness (QED) is 0.751. The molecule has 1 N–H and O–H groups in total. The molecule has 2 aromatic carbocycles. The van der Waals surface area contributed by atoms with Crippen molar-refractivity contribution in [1.29, 1.82) is 0 Å². The van der Waals surface area contributed by atoms with E-state index in [-0.39, 0.29) is 11.3 Å². The normalized spacial score (nSPS) is 11.2. The first kappa shape index (κ1) is 18.1. The molecule has 0 bridgehead atoms. The minimum absolute atomic E-state index is 0.0206. The van der Waals surface area contributed by atoms with E-state index in [4.69, 9.17) is 4.74 Å². The number of amides is 1. The first-order valence-corrected chi connectivity index (χ1v) is 8.44. The zero-order chi connectivity index (χ0) is 17.6. The fourth-order valence-electron chi connectivity index (χ4n) is 2.42. The zero-order valence-electron chi connectivity index (χ0n) is 15.1. The van der Waals surface area contributed by atoms with Gasteiger partial charge in [-0.25, -0.2) is 0 Å². The maximum atomic E-state index is 11.9. The van der Waals surface area contributed by atoms with Crippen LogP contribution < -0.4 is 10.1 Å². The first-order valence-electron chi connectivity index (χ1n) is 8.44. The standard InChI is InChI=1S/C21H27NO2/c1-16-7-5-8-18(15-16)22-20(23)9-6-14-24-19-12-10-17(11-13-19)21(2,3)4/h5,7-8,10-13,15H,6,9,14H2,1-4H3,(H,22,23). The van der Waals surface area contributed by atoms with Crippen LogP contribution in [0.25, 0.3) is 0 Å². The van der Waals surface area contributed by atoms with Crippen LogP contribution in [0.15, 0.2) is 48.5 Å². The largest absolute Gasteiger partial charge is 0.494 e. The molecule has 0 aliphatic carbocycles. The Bertz CT molecular complexity index is 669. The average molecular weight is 325 g/mol. The second kappa shape index (κ2) is 8.00. The number of rotatable bonds is 6. The maximum Gasteiger partial charge on any atom is 0.224 e. The summed E-state index contributed by atoms with van der Waals surface area (Å²) >= 11 is 0. The Balaban J connectivity index is 1.71. The molecule has 0 unspecified atom stereocenters. The number of nitrogens with one attached hydrogen (secondary N) is 1. The van der Waals surface area contributed by atoms with E-state index in [2.05, 4.69) is 38.2 Å². The Morgan fingerprint density at radius 1 is 1.08 bits per heavy atom. The average Bonchev–Trinajstić information content (AvgIpc) is 2.51. The molecule has 0 saturated carbocycles. The molecule has 3 heteroatoms. The predicted molar refractivity (Wildman–Crippen MR) is 99.7 cm³/mol. The smallest absolute Gasteiger partial charge is 0.224 e. The van der Waals surface area contributed by atoms with Crippen molar-refractivity contribution in [3.8, 4) is 5.75 Å². The van der Waals surface area contributed by atoms with Crippen LogP contribution in [0.4, 0.5) is 5.69 Å². The number of benzene rings is 2. The number of anilines is 1. The lowest BCUT2D eigenvalue weighted by Gasteiger charge is -2.19. The van der Waals surface area contributed by atoms with Gasteiger partial charge < -0.3 is 10.1 Å². The van der Waals surface area contributed by atoms with Gasteiger partial charge in [0, 0.05) is 12.1 Å². The highest BCUT2D eigenvalue weighted by molar-refractivity contribution is 5.90. The monoisotopic (exact) mass is 325 g/mol. The molecule has 0 radical (unpaired) electrons. The Kier molecular flexibility index (Phi) is 6.02. The van der Waals surface area contributed by atoms with Gasteiger partial charge in [-0.2, -0.15) is 0 Å². The molecule has 2 rings (SSSR count). The van der Waals surface area contributed by atoms with Crippen molar-refractivity contribution in [3.05, 3.63) is 59.7 Å². The summed E-state index contributed by atoms with van der Waals surface area (Å²) in [5.74, 6) is 0.870. The summed E-state index contributed by atoms with van der Waals surface area (Å²) in [5, 5.41) is 2.91. The van der Waals surface area contributed by atoms with Gasteiger partial charge in [-0.15, -0.1) is 0 Å². The van der Waals surface area contributed by atoms with Crippen molar-refractivity contribution in [2.75, 3.05) is 11.9 Å². The van der Waals surface area contributed by atoms with Gasteiger partial charge in [-0.05, 0) is 54.2 Å². The van der Waals surface area contributed by atoms with Crippen molar-refractivity contribution >= 4 is 11.6 Å². The van der Waals surface area contributed by atoms with E-state index < -0.39 is 0 Å². The highest BCUT2D eigenvalue weighted by atomic mass is 16.5. The van der Waals surface area contributed by atoms with Crippen molar-refractivity contribution in [2.45, 2.75) is 46.0 Å². The molecular weight excluding hydrogens is 298 g/mol. The van der Waals surface area contributed by atoms with Crippen LogP contribution in [-0.2, 0) is 10.2 Å². The summed E-state index contributed by atoms with van der Waals surface area (Å²) < 4.78 is 5.71. The van der Waals surface area contributed by atoms with Crippen LogP contribution in [0.5, 0.6) is 5.75 Å². The number of carbonyl (C=O) groups excluding carboxylic acids is 1. The van der Waals surface area contributed by atoms with Crippen molar-refractivity contribution in [1.82, 2.24) is 0 Å². The van der Waals surface area contributed by atoms with E-state index in [9.17, 15) is 4.79 Å². The topological polar surface area (TPSA) is 38.3 Å². The molecule has 0 aliphatic rings. The molecule has 1 amide bonds. The Morgan fingerprint density at radius 2 is 1.79 bits per heavy atom. The van der Waals surface area contributed by atoms with E-state index in [0.717, 1.165) is 17.0 Å². The third-order valence-electron chi connectivity index (χ3n) is 3.84. The molecule has 0 fully saturated rings. The van der Waals surface area contributed by atoms with Gasteiger partial charge in [-0.1, -0.05) is 45.0 Å². The molecule has 3 nitrogen and oxygen atoms in total. The summed E-state index contributed by atoms with van der Waals surface area (Å²) in [5.41, 5.74) is 3.41. The lowest BCUT2D eigenvalue weighted by Crippen LogP contribution is -2.13. The summed E-state index contributed by atoms with van der Waals surface area (Å²) in [4.78, 5) is 11.9. The van der Waals surface area contributed by atoms with Gasteiger partial charge in [0.05, 0.1) is 6.61 Å². The fraction of sp³-hybridized carbons (Fsp3) is 0.381. The van der Waals surface area contributed by atoms with Crippen molar-refractivity contribution < 1.29 is 9.53 Å². The molecule has 24 heavy (non-hydrogen) atoms. The number of hydrogen-bond acceptors (Lipinski definition) is 2. The molecule has 0 atom stereocenters. The molecule has 0 aliphatic heterocycles. The molecule has 2 aromatic rings. The molecule has 128 valence electrons. The number of carbonyl (C=O) groups is 1. The summed E-state index contributed by atoms with van der Waals surface area (Å²) in [6.07, 6.45) is 1.15. The highest BCUT2D eigenvalue weighted by Gasteiger charge is 2.12. The van der Waals surface area contributed by atoms with Gasteiger partial charge in [0.15, 0.2) is 0 Å². The van der Waals surface area contributed by atoms with Crippen LogP contribution in [0.3, 0.4) is 0 Å². The molecule has 0 heterocycles. The maximum absolute atomic E-state index is 11.9. The van der Waals surface area contributed by atoms with Crippen LogP contribution >= 0.6 is 0 Å². The van der Waals surface area contributed by atoms with Crippen LogP contribution in [-0.4, -0.2) is 12.5 Å². The molecule has 0 spiro atoms. The zero-order valence-corrected chi connectivity index (χ0v) is 15.1. The lowest BCUT2D eigenvalue weighted by atomic mass is 9.87. The summed E-state index contributed by atoms with van der Waals surface area (Å²) in [7, 11) is 0. The minimum atomic E-state index is 0.0206. The van der Waals surface area contributed by atoms with Gasteiger partial charge in [0.2, 0.25) is 5.91 Å². The van der Waals surface area contributed by atoms with E-state index in [1.807, 2.05) is 43.3 Å². The number of ether oxygens (including phenoxy) is 1. The second-order valence-electron chi connectivity index (χ2n) is 7.14. The predicted octanol–water partition coefficient (Wildman–Crippen LogP) is 5.09. The number of hydrogen-bond donors (Lipinski definition) is 1. The van der Waals surface area contributed by atoms with E-state index in [0.29, 0.717) is 19.4 Å². The summed E-state index contributed by atoms with van der Waals surface area (Å²) in [6.45, 7) is 9.12. The Morgan fingerprint density at radius 3 is 2.42 bits per heavy atom. The summed E-state index contributed by atoms with van der Waals surface area (Å²) in [6, 6.07) is 16.0. The lowest BCUT2D eigenvalue weighted by molar-refractivity contribution is -0.116. The SMILES string of the molecule is Cc1cccc(NC(=O)CCCOc2ccc(C(C)(C)C)cc2)c1. The van der Waals surface area contributed by atoms with Crippen LogP contribution in [0.2, 0.25) is 0 Å². The van der Waals surface area contributed by atoms with Crippen LogP contribution in [0, 0.1) is 6.92 Å². The number of aryl methyl sites for hydroxylation is 1. The van der Waals surface area contributed by atoms with E-state index >= 15 is 0 Å². The van der Waals surface area contributed by atoms with Gasteiger partial charge in [0.25, 0.3) is 0 Å². The van der Waals surface area contributed by atoms with Crippen molar-refractivity contribution in [2.24, 2.45) is 0 Å². The van der Waals surface area contributed by atoms with Crippen molar-refractivity contribution in [3.63, 3.8) is 0 Å². The van der Waals surface area contributed by atoms with E-state index in [1.165, 1.54) is 5.56 Å². The third-order valence-corrected chi connectivity index (χ3v) is 3.84. The molecular formula is C21H27NO2. The van der Waals surface area contributed by atoms with E-state index in [1.54, 1.807) is 0 Å². The Hall–Kier alpha value is -2.29. The Labute approximate surface area is 145 Å².